The second kappa shape index (κ2) is 5.82. The van der Waals surface area contributed by atoms with E-state index in [0.29, 0.717) is 10.6 Å². The van der Waals surface area contributed by atoms with Crippen LogP contribution in [0.2, 0.25) is 0 Å². The maximum absolute atomic E-state index is 5.82. The lowest BCUT2D eigenvalue weighted by atomic mass is 10.0. The van der Waals surface area contributed by atoms with E-state index in [9.17, 15) is 0 Å². The van der Waals surface area contributed by atoms with Crippen LogP contribution in [0, 0.1) is 0 Å². The van der Waals surface area contributed by atoms with E-state index >= 15 is 0 Å². The molecule has 1 atom stereocenters. The molecule has 0 fully saturated rings. The standard InChI is InChI=1S/C14H15BrN2/c15-13(11-5-2-1-3-6-11)9-8-12-7-4-10-17-14(12)16/h1-7,10,13H,8-9H2,(H2,16,17). The zero-order valence-electron chi connectivity index (χ0n) is 9.51. The van der Waals surface area contributed by atoms with Crippen LogP contribution < -0.4 is 5.73 Å². The van der Waals surface area contributed by atoms with Gasteiger partial charge in [0.15, 0.2) is 0 Å². The Morgan fingerprint density at radius 2 is 1.88 bits per heavy atom. The molecule has 0 saturated carbocycles. The molecule has 2 nitrogen and oxygen atoms in total. The first kappa shape index (κ1) is 12.1. The van der Waals surface area contributed by atoms with Crippen LogP contribution in [0.15, 0.2) is 48.7 Å². The minimum Gasteiger partial charge on any atom is -0.383 e. The Morgan fingerprint density at radius 3 is 2.59 bits per heavy atom. The summed E-state index contributed by atoms with van der Waals surface area (Å²) >= 11 is 3.71. The fourth-order valence-corrected chi connectivity index (χ4v) is 2.31. The molecule has 0 saturated heterocycles. The van der Waals surface area contributed by atoms with Crippen molar-refractivity contribution in [2.75, 3.05) is 5.73 Å². The number of pyridine rings is 1. The third-order valence-corrected chi connectivity index (χ3v) is 3.74. The normalized spacial score (nSPS) is 12.3. The quantitative estimate of drug-likeness (QED) is 0.872. The molecule has 1 aromatic carbocycles. The molecular weight excluding hydrogens is 276 g/mol. The molecule has 1 aromatic heterocycles. The number of nitrogen functional groups attached to an aromatic ring is 1. The molecule has 2 rings (SSSR count). The van der Waals surface area contributed by atoms with Crippen molar-refractivity contribution in [3.05, 3.63) is 59.8 Å². The molecule has 0 radical (unpaired) electrons. The summed E-state index contributed by atoms with van der Waals surface area (Å²) in [6.07, 6.45) is 3.67. The Bertz CT molecular complexity index is 471. The average molecular weight is 291 g/mol. The number of hydrogen-bond donors (Lipinski definition) is 1. The fraction of sp³-hybridized carbons (Fsp3) is 0.214. The van der Waals surface area contributed by atoms with E-state index in [-0.39, 0.29) is 0 Å². The van der Waals surface area contributed by atoms with Crippen LogP contribution in [0.5, 0.6) is 0 Å². The lowest BCUT2D eigenvalue weighted by Crippen LogP contribution is -1.99. The van der Waals surface area contributed by atoms with E-state index in [1.165, 1.54) is 5.56 Å². The van der Waals surface area contributed by atoms with Gasteiger partial charge in [-0.2, -0.15) is 0 Å². The first-order chi connectivity index (χ1) is 8.27. The van der Waals surface area contributed by atoms with Gasteiger partial charge in [0.25, 0.3) is 0 Å². The molecule has 0 spiro atoms. The molecule has 2 aromatic rings. The van der Waals surface area contributed by atoms with Crippen molar-refractivity contribution in [2.24, 2.45) is 0 Å². The summed E-state index contributed by atoms with van der Waals surface area (Å²) < 4.78 is 0. The predicted octanol–water partition coefficient (Wildman–Crippen LogP) is 3.73. The number of nitrogens with two attached hydrogens (primary N) is 1. The van der Waals surface area contributed by atoms with Crippen molar-refractivity contribution in [3.8, 4) is 0 Å². The highest BCUT2D eigenvalue weighted by atomic mass is 79.9. The molecular formula is C14H15BrN2. The summed E-state index contributed by atoms with van der Waals surface area (Å²) in [5, 5.41) is 0. The number of halogens is 1. The van der Waals surface area contributed by atoms with Gasteiger partial charge in [0.2, 0.25) is 0 Å². The first-order valence-electron chi connectivity index (χ1n) is 5.66. The molecule has 3 heteroatoms. The minimum atomic E-state index is 0.364. The average Bonchev–Trinajstić information content (AvgIpc) is 2.38. The van der Waals surface area contributed by atoms with Gasteiger partial charge in [0, 0.05) is 11.0 Å². The molecule has 0 aliphatic heterocycles. The van der Waals surface area contributed by atoms with E-state index in [4.69, 9.17) is 5.73 Å². The number of aromatic nitrogens is 1. The van der Waals surface area contributed by atoms with E-state index in [1.54, 1.807) is 6.20 Å². The van der Waals surface area contributed by atoms with Gasteiger partial charge >= 0.3 is 0 Å². The van der Waals surface area contributed by atoms with Gasteiger partial charge in [-0.15, -0.1) is 0 Å². The molecule has 0 aliphatic carbocycles. The molecule has 0 bridgehead atoms. The monoisotopic (exact) mass is 290 g/mol. The van der Waals surface area contributed by atoms with E-state index in [2.05, 4.69) is 45.2 Å². The smallest absolute Gasteiger partial charge is 0.126 e. The maximum Gasteiger partial charge on any atom is 0.126 e. The van der Waals surface area contributed by atoms with Crippen molar-refractivity contribution < 1.29 is 0 Å². The molecule has 1 unspecified atom stereocenters. The summed E-state index contributed by atoms with van der Waals surface area (Å²) in [4.78, 5) is 4.46. The second-order valence-electron chi connectivity index (χ2n) is 3.96. The van der Waals surface area contributed by atoms with Gasteiger partial charge in [-0.3, -0.25) is 0 Å². The summed E-state index contributed by atoms with van der Waals surface area (Å²) in [5.74, 6) is 0.639. The number of nitrogens with zero attached hydrogens (tertiary/aromatic N) is 1. The Morgan fingerprint density at radius 1 is 1.12 bits per heavy atom. The van der Waals surface area contributed by atoms with Crippen LogP contribution in [0.3, 0.4) is 0 Å². The van der Waals surface area contributed by atoms with Crippen molar-refractivity contribution >= 4 is 21.7 Å². The highest BCUT2D eigenvalue weighted by molar-refractivity contribution is 9.09. The number of anilines is 1. The summed E-state index contributed by atoms with van der Waals surface area (Å²) in [5.41, 5.74) is 8.24. The van der Waals surface area contributed by atoms with Crippen LogP contribution in [-0.2, 0) is 6.42 Å². The lowest BCUT2D eigenvalue weighted by Gasteiger charge is -2.10. The summed E-state index contributed by atoms with van der Waals surface area (Å²) in [7, 11) is 0. The van der Waals surface area contributed by atoms with Gasteiger partial charge in [0.05, 0.1) is 0 Å². The van der Waals surface area contributed by atoms with Crippen LogP contribution in [0.25, 0.3) is 0 Å². The molecule has 2 N–H and O–H groups in total. The number of alkyl halides is 1. The third kappa shape index (κ3) is 3.30. The predicted molar refractivity (Wildman–Crippen MR) is 75.1 cm³/mol. The molecule has 0 amide bonds. The number of benzene rings is 1. The maximum atomic E-state index is 5.82. The topological polar surface area (TPSA) is 38.9 Å². The first-order valence-corrected chi connectivity index (χ1v) is 6.57. The van der Waals surface area contributed by atoms with E-state index < -0.39 is 0 Å². The summed E-state index contributed by atoms with van der Waals surface area (Å²) in [6.45, 7) is 0. The van der Waals surface area contributed by atoms with Crippen molar-refractivity contribution in [2.45, 2.75) is 17.7 Å². The lowest BCUT2D eigenvalue weighted by molar-refractivity contribution is 0.812. The van der Waals surface area contributed by atoms with Gasteiger partial charge < -0.3 is 5.73 Å². The Hall–Kier alpha value is -1.35. The zero-order valence-corrected chi connectivity index (χ0v) is 11.1. The minimum absolute atomic E-state index is 0.364. The van der Waals surface area contributed by atoms with Crippen molar-refractivity contribution in [1.29, 1.82) is 0 Å². The molecule has 17 heavy (non-hydrogen) atoms. The van der Waals surface area contributed by atoms with Gasteiger partial charge in [0.1, 0.15) is 5.82 Å². The van der Waals surface area contributed by atoms with Crippen molar-refractivity contribution in [1.82, 2.24) is 4.98 Å². The SMILES string of the molecule is Nc1ncccc1CCC(Br)c1ccccc1. The van der Waals surface area contributed by atoms with Crippen LogP contribution in [0.1, 0.15) is 22.4 Å². The van der Waals surface area contributed by atoms with Gasteiger partial charge in [-0.25, -0.2) is 4.98 Å². The largest absolute Gasteiger partial charge is 0.383 e. The Labute approximate surface area is 110 Å². The van der Waals surface area contributed by atoms with E-state index in [0.717, 1.165) is 18.4 Å². The Kier molecular flexibility index (Phi) is 4.15. The third-order valence-electron chi connectivity index (χ3n) is 2.75. The second-order valence-corrected chi connectivity index (χ2v) is 5.07. The molecule has 88 valence electrons. The summed E-state index contributed by atoms with van der Waals surface area (Å²) in [6, 6.07) is 14.4. The highest BCUT2D eigenvalue weighted by Crippen LogP contribution is 2.28. The Balaban J connectivity index is 1.97. The number of rotatable bonds is 4. The van der Waals surface area contributed by atoms with Crippen LogP contribution >= 0.6 is 15.9 Å². The van der Waals surface area contributed by atoms with Crippen molar-refractivity contribution in [3.63, 3.8) is 0 Å². The number of hydrogen-bond acceptors (Lipinski definition) is 2. The molecule has 0 aliphatic rings. The molecule has 1 heterocycles. The van der Waals surface area contributed by atoms with E-state index in [1.807, 2.05) is 18.2 Å². The highest BCUT2D eigenvalue weighted by Gasteiger charge is 2.08. The van der Waals surface area contributed by atoms with Crippen LogP contribution in [0.4, 0.5) is 5.82 Å². The van der Waals surface area contributed by atoms with Gasteiger partial charge in [-0.1, -0.05) is 52.3 Å². The zero-order chi connectivity index (χ0) is 12.1. The van der Waals surface area contributed by atoms with Gasteiger partial charge in [-0.05, 0) is 30.0 Å². The number of aryl methyl sites for hydroxylation is 1. The fourth-order valence-electron chi connectivity index (χ4n) is 1.77. The van der Waals surface area contributed by atoms with Crippen LogP contribution in [-0.4, -0.2) is 4.98 Å².